The quantitative estimate of drug-likeness (QED) is 0.812. The Hall–Kier alpha value is -2.34. The number of amides is 1. The first-order chi connectivity index (χ1) is 13.0. The highest BCUT2D eigenvalue weighted by Gasteiger charge is 2.28. The third kappa shape index (κ3) is 3.46. The summed E-state index contributed by atoms with van der Waals surface area (Å²) in [5.41, 5.74) is 2.80. The molecule has 1 fully saturated rings. The van der Waals surface area contributed by atoms with Gasteiger partial charge in [-0.2, -0.15) is 5.10 Å². The molecule has 2 aromatic rings. The fraction of sp³-hybridized carbons (Fsp3) is 0.450. The molecule has 2 aliphatic rings. The Morgan fingerprint density at radius 2 is 1.89 bits per heavy atom. The van der Waals surface area contributed by atoms with E-state index < -0.39 is 6.04 Å². The second kappa shape index (κ2) is 7.35. The number of para-hydroxylation sites is 1. The molecule has 1 aliphatic carbocycles. The van der Waals surface area contributed by atoms with Gasteiger partial charge in [-0.15, -0.1) is 0 Å². The number of piperazine rings is 1. The third-order valence-electron chi connectivity index (χ3n) is 5.49. The summed E-state index contributed by atoms with van der Waals surface area (Å²) in [6, 6.07) is 8.81. The number of nitrogens with zero attached hydrogens (tertiary/aromatic N) is 4. The molecule has 0 bridgehead atoms. The van der Waals surface area contributed by atoms with Crippen LogP contribution in [0.3, 0.4) is 0 Å². The van der Waals surface area contributed by atoms with Crippen LogP contribution in [0, 0.1) is 0 Å². The van der Waals surface area contributed by atoms with Crippen LogP contribution in [0.25, 0.3) is 0 Å². The highest BCUT2D eigenvalue weighted by molar-refractivity contribution is 6.33. The lowest BCUT2D eigenvalue weighted by molar-refractivity contribution is -0.135. The Morgan fingerprint density at radius 3 is 2.63 bits per heavy atom. The summed E-state index contributed by atoms with van der Waals surface area (Å²) in [6.45, 7) is 4.41. The molecule has 142 valence electrons. The highest BCUT2D eigenvalue weighted by Crippen LogP contribution is 2.26. The van der Waals surface area contributed by atoms with Gasteiger partial charge in [-0.3, -0.25) is 9.59 Å². The average Bonchev–Trinajstić information content (AvgIpc) is 3.14. The standard InChI is InChI=1S/C20H23ClN4O2/c1-14(25-19(26)13-15-5-4-7-17(15)22-25)20(27)24-11-9-23(10-12-24)18-8-3-2-6-16(18)21/h2-3,6,8,13-14H,4-5,7,9-12H2,1H3. The number of anilines is 1. The molecule has 7 heteroatoms. The molecule has 1 aliphatic heterocycles. The summed E-state index contributed by atoms with van der Waals surface area (Å²) < 4.78 is 1.35. The molecule has 0 N–H and O–H groups in total. The lowest BCUT2D eigenvalue weighted by Crippen LogP contribution is -2.51. The van der Waals surface area contributed by atoms with Crippen LogP contribution >= 0.6 is 11.6 Å². The lowest BCUT2D eigenvalue weighted by atomic mass is 10.2. The van der Waals surface area contributed by atoms with Crippen LogP contribution in [0.5, 0.6) is 0 Å². The topological polar surface area (TPSA) is 58.4 Å². The molecular weight excluding hydrogens is 364 g/mol. The van der Waals surface area contributed by atoms with Gasteiger partial charge in [-0.1, -0.05) is 23.7 Å². The zero-order valence-electron chi connectivity index (χ0n) is 15.4. The van der Waals surface area contributed by atoms with Gasteiger partial charge in [0.1, 0.15) is 6.04 Å². The molecule has 27 heavy (non-hydrogen) atoms. The summed E-state index contributed by atoms with van der Waals surface area (Å²) in [5, 5.41) is 5.19. The molecule has 1 unspecified atom stereocenters. The Labute approximate surface area is 163 Å². The van der Waals surface area contributed by atoms with Gasteiger partial charge >= 0.3 is 0 Å². The molecule has 1 atom stereocenters. The first kappa shape index (κ1) is 18.0. The van der Waals surface area contributed by atoms with E-state index in [1.807, 2.05) is 29.2 Å². The molecule has 1 amide bonds. The molecule has 0 spiro atoms. The maximum atomic E-state index is 12.9. The minimum Gasteiger partial charge on any atom is -0.367 e. The van der Waals surface area contributed by atoms with Gasteiger partial charge in [-0.05, 0) is 43.9 Å². The van der Waals surface area contributed by atoms with Crippen LogP contribution in [0.1, 0.15) is 30.6 Å². The average molecular weight is 387 g/mol. The van der Waals surface area contributed by atoms with E-state index in [4.69, 9.17) is 11.6 Å². The molecule has 0 radical (unpaired) electrons. The zero-order chi connectivity index (χ0) is 19.0. The fourth-order valence-corrected chi connectivity index (χ4v) is 4.19. The van der Waals surface area contributed by atoms with E-state index >= 15 is 0 Å². The van der Waals surface area contributed by atoms with Crippen molar-refractivity contribution < 1.29 is 4.79 Å². The van der Waals surface area contributed by atoms with Crippen molar-refractivity contribution in [3.63, 3.8) is 0 Å². The molecule has 1 aromatic heterocycles. The van der Waals surface area contributed by atoms with Gasteiger partial charge in [0.2, 0.25) is 5.91 Å². The van der Waals surface area contributed by atoms with Crippen molar-refractivity contribution in [1.82, 2.24) is 14.7 Å². The van der Waals surface area contributed by atoms with Crippen molar-refractivity contribution in [3.8, 4) is 0 Å². The SMILES string of the molecule is CC(C(=O)N1CCN(c2ccccc2Cl)CC1)n1nc2c(cc1=O)CCC2. The van der Waals surface area contributed by atoms with Gasteiger partial charge in [0, 0.05) is 32.2 Å². The van der Waals surface area contributed by atoms with Gasteiger partial charge in [0.25, 0.3) is 5.56 Å². The Kier molecular flexibility index (Phi) is 4.91. The van der Waals surface area contributed by atoms with E-state index in [2.05, 4.69) is 10.00 Å². The van der Waals surface area contributed by atoms with Crippen LogP contribution < -0.4 is 10.5 Å². The van der Waals surface area contributed by atoms with E-state index in [-0.39, 0.29) is 11.5 Å². The van der Waals surface area contributed by atoms with Gasteiger partial charge in [0.15, 0.2) is 0 Å². The molecule has 4 rings (SSSR count). The fourth-order valence-electron chi connectivity index (χ4n) is 3.94. The minimum atomic E-state index is -0.588. The number of aryl methyl sites for hydroxylation is 2. The second-order valence-corrected chi connectivity index (χ2v) is 7.60. The number of rotatable bonds is 3. The minimum absolute atomic E-state index is 0.0543. The summed E-state index contributed by atoms with van der Waals surface area (Å²) >= 11 is 6.28. The largest absolute Gasteiger partial charge is 0.367 e. The van der Waals surface area contributed by atoms with Gasteiger partial charge in [-0.25, -0.2) is 4.68 Å². The highest BCUT2D eigenvalue weighted by atomic mass is 35.5. The predicted octanol–water partition coefficient (Wildman–Crippen LogP) is 2.30. The van der Waals surface area contributed by atoms with Gasteiger partial charge < -0.3 is 9.80 Å². The van der Waals surface area contributed by atoms with Crippen molar-refractivity contribution in [2.24, 2.45) is 0 Å². The van der Waals surface area contributed by atoms with E-state index in [9.17, 15) is 9.59 Å². The van der Waals surface area contributed by atoms with Crippen molar-refractivity contribution in [1.29, 1.82) is 0 Å². The molecule has 6 nitrogen and oxygen atoms in total. The number of benzene rings is 1. The normalized spacial score (nSPS) is 17.7. The Bertz CT molecular complexity index is 918. The Morgan fingerprint density at radius 1 is 1.15 bits per heavy atom. The first-order valence-corrected chi connectivity index (χ1v) is 9.82. The van der Waals surface area contributed by atoms with Gasteiger partial charge in [0.05, 0.1) is 16.4 Å². The van der Waals surface area contributed by atoms with Crippen molar-refractivity contribution in [2.45, 2.75) is 32.2 Å². The van der Waals surface area contributed by atoms with Crippen LogP contribution in [0.15, 0.2) is 35.1 Å². The number of carbonyl (C=O) groups is 1. The van der Waals surface area contributed by atoms with Crippen LogP contribution in [0.2, 0.25) is 5.02 Å². The molecule has 1 aromatic carbocycles. The maximum absolute atomic E-state index is 12.9. The molecular formula is C20H23ClN4O2. The summed E-state index contributed by atoms with van der Waals surface area (Å²) in [7, 11) is 0. The molecule has 2 heterocycles. The smallest absolute Gasteiger partial charge is 0.267 e. The summed E-state index contributed by atoms with van der Waals surface area (Å²) in [4.78, 5) is 29.3. The monoisotopic (exact) mass is 386 g/mol. The van der Waals surface area contributed by atoms with Crippen molar-refractivity contribution in [3.05, 3.63) is 57.0 Å². The Balaban J connectivity index is 1.45. The van der Waals surface area contributed by atoms with E-state index in [1.54, 1.807) is 13.0 Å². The lowest BCUT2D eigenvalue weighted by Gasteiger charge is -2.37. The second-order valence-electron chi connectivity index (χ2n) is 7.19. The third-order valence-corrected chi connectivity index (χ3v) is 5.81. The number of hydrogen-bond acceptors (Lipinski definition) is 4. The number of hydrogen-bond donors (Lipinski definition) is 0. The zero-order valence-corrected chi connectivity index (χ0v) is 16.2. The molecule has 1 saturated heterocycles. The number of aromatic nitrogens is 2. The van der Waals surface area contributed by atoms with Crippen molar-refractivity contribution in [2.75, 3.05) is 31.1 Å². The molecule has 0 saturated carbocycles. The summed E-state index contributed by atoms with van der Waals surface area (Å²) in [5.74, 6) is -0.0543. The van der Waals surface area contributed by atoms with E-state index in [0.717, 1.165) is 41.2 Å². The van der Waals surface area contributed by atoms with Crippen LogP contribution in [-0.4, -0.2) is 46.8 Å². The number of fused-ring (bicyclic) bond motifs is 1. The maximum Gasteiger partial charge on any atom is 0.267 e. The van der Waals surface area contributed by atoms with Crippen molar-refractivity contribution >= 4 is 23.2 Å². The number of carbonyl (C=O) groups excluding carboxylic acids is 1. The number of halogens is 1. The first-order valence-electron chi connectivity index (χ1n) is 9.44. The van der Waals surface area contributed by atoms with Crippen LogP contribution in [-0.2, 0) is 17.6 Å². The van der Waals surface area contributed by atoms with E-state index in [1.165, 1.54) is 4.68 Å². The van der Waals surface area contributed by atoms with E-state index in [0.29, 0.717) is 26.2 Å². The predicted molar refractivity (Wildman–Crippen MR) is 105 cm³/mol. The summed E-state index contributed by atoms with van der Waals surface area (Å²) in [6.07, 6.45) is 2.82. The van der Waals surface area contributed by atoms with Crippen LogP contribution in [0.4, 0.5) is 5.69 Å².